The molecule has 0 heterocycles. The molecule has 1 aromatic carbocycles. The fourth-order valence-corrected chi connectivity index (χ4v) is 2.80. The van der Waals surface area contributed by atoms with Gasteiger partial charge in [0.1, 0.15) is 0 Å². The molecule has 0 amide bonds. The Morgan fingerprint density at radius 1 is 1.11 bits per heavy atom. The van der Waals surface area contributed by atoms with Gasteiger partial charge in [0.25, 0.3) is 0 Å². The minimum atomic E-state index is -0.171. The lowest BCUT2D eigenvalue weighted by atomic mass is 9.84. The topological polar surface area (TPSA) is 21.3 Å². The quantitative estimate of drug-likeness (QED) is 0.835. The van der Waals surface area contributed by atoms with Gasteiger partial charge in [0, 0.05) is 6.61 Å². The Morgan fingerprint density at radius 3 is 2.16 bits per heavy atom. The normalized spacial score (nSPS) is 16.2. The summed E-state index contributed by atoms with van der Waals surface area (Å²) in [5.41, 5.74) is 5.21. The van der Waals surface area contributed by atoms with Gasteiger partial charge in [-0.05, 0) is 70.3 Å². The molecule has 0 bridgehead atoms. The number of nitrogens with one attached hydrogen (secondary N) is 1. The zero-order chi connectivity index (χ0) is 14.6. The third-order valence-electron chi connectivity index (χ3n) is 4.27. The number of hydrogen-bond donors (Lipinski definition) is 1. The lowest BCUT2D eigenvalue weighted by Gasteiger charge is -2.38. The fourth-order valence-electron chi connectivity index (χ4n) is 2.80. The lowest BCUT2D eigenvalue weighted by molar-refractivity contribution is -0.0548. The molecule has 1 aromatic rings. The first-order chi connectivity index (χ1) is 8.89. The van der Waals surface area contributed by atoms with Crippen molar-refractivity contribution in [1.82, 2.24) is 5.32 Å². The molecule has 2 heteroatoms. The molecule has 108 valence electrons. The minimum Gasteiger partial charge on any atom is -0.374 e. The van der Waals surface area contributed by atoms with Crippen LogP contribution in [0.25, 0.3) is 0 Å². The summed E-state index contributed by atoms with van der Waals surface area (Å²) in [5.74, 6) is 0. The molecule has 1 rings (SSSR count). The highest BCUT2D eigenvalue weighted by Crippen LogP contribution is 2.34. The maximum atomic E-state index is 6.05. The van der Waals surface area contributed by atoms with Gasteiger partial charge in [0.2, 0.25) is 0 Å². The highest BCUT2D eigenvalue weighted by molar-refractivity contribution is 5.39. The summed E-state index contributed by atoms with van der Waals surface area (Å²) in [6.45, 7) is 13.7. The van der Waals surface area contributed by atoms with Crippen molar-refractivity contribution in [2.24, 2.45) is 0 Å². The first kappa shape index (κ1) is 16.2. The van der Waals surface area contributed by atoms with Crippen molar-refractivity contribution in [2.45, 2.75) is 59.6 Å². The zero-order valence-electron chi connectivity index (χ0n) is 13.6. The zero-order valence-corrected chi connectivity index (χ0v) is 13.6. The lowest BCUT2D eigenvalue weighted by Crippen LogP contribution is -2.42. The van der Waals surface area contributed by atoms with Gasteiger partial charge >= 0.3 is 0 Å². The first-order valence-electron chi connectivity index (χ1n) is 7.28. The Bertz CT molecular complexity index is 428. The Balaban J connectivity index is 3.26. The summed E-state index contributed by atoms with van der Waals surface area (Å²) >= 11 is 0. The largest absolute Gasteiger partial charge is 0.374 e. The van der Waals surface area contributed by atoms with Crippen molar-refractivity contribution >= 4 is 0 Å². The molecule has 0 fully saturated rings. The summed E-state index contributed by atoms with van der Waals surface area (Å²) in [4.78, 5) is 0. The number of aryl methyl sites for hydroxylation is 3. The van der Waals surface area contributed by atoms with Gasteiger partial charge in [-0.1, -0.05) is 19.1 Å². The second kappa shape index (κ2) is 6.53. The number of benzene rings is 1. The van der Waals surface area contributed by atoms with Crippen LogP contribution in [0.5, 0.6) is 0 Å². The molecule has 0 spiro atoms. The van der Waals surface area contributed by atoms with E-state index in [1.165, 1.54) is 22.3 Å². The van der Waals surface area contributed by atoms with E-state index in [4.69, 9.17) is 4.74 Å². The van der Waals surface area contributed by atoms with E-state index < -0.39 is 0 Å². The number of hydrogen-bond acceptors (Lipinski definition) is 2. The van der Waals surface area contributed by atoms with Crippen molar-refractivity contribution in [3.63, 3.8) is 0 Å². The van der Waals surface area contributed by atoms with Crippen LogP contribution in [0.1, 0.15) is 55.5 Å². The molecule has 19 heavy (non-hydrogen) atoms. The first-order valence-corrected chi connectivity index (χ1v) is 7.28. The van der Waals surface area contributed by atoms with E-state index in [-0.39, 0.29) is 11.6 Å². The fraction of sp³-hybridized carbons (Fsp3) is 0.647. The van der Waals surface area contributed by atoms with Crippen molar-refractivity contribution in [2.75, 3.05) is 13.7 Å². The van der Waals surface area contributed by atoms with E-state index in [0.717, 1.165) is 13.0 Å². The van der Waals surface area contributed by atoms with E-state index in [0.29, 0.717) is 0 Å². The van der Waals surface area contributed by atoms with Crippen LogP contribution in [0.2, 0.25) is 0 Å². The third kappa shape index (κ3) is 3.37. The van der Waals surface area contributed by atoms with Crippen molar-refractivity contribution in [1.29, 1.82) is 0 Å². The molecule has 0 aliphatic heterocycles. The van der Waals surface area contributed by atoms with E-state index >= 15 is 0 Å². The summed E-state index contributed by atoms with van der Waals surface area (Å²) in [6, 6.07) is 4.80. The number of likely N-dealkylation sites (N-methyl/N-ethyl adjacent to an activating group) is 1. The van der Waals surface area contributed by atoms with Gasteiger partial charge < -0.3 is 10.1 Å². The molecular formula is C17H29NO. The van der Waals surface area contributed by atoms with Crippen LogP contribution < -0.4 is 5.32 Å². The summed E-state index contributed by atoms with van der Waals surface area (Å²) in [7, 11) is 2.02. The smallest absolute Gasteiger partial charge is 0.0845 e. The molecule has 0 aliphatic carbocycles. The molecule has 2 nitrogen and oxygen atoms in total. The van der Waals surface area contributed by atoms with Crippen LogP contribution in [0.4, 0.5) is 0 Å². The SMILES string of the molecule is CCOC(C)(CC)C(NC)c1cc(C)c(C)cc1C. The highest BCUT2D eigenvalue weighted by Gasteiger charge is 2.34. The Hall–Kier alpha value is -0.860. The van der Waals surface area contributed by atoms with E-state index in [9.17, 15) is 0 Å². The van der Waals surface area contributed by atoms with Crippen molar-refractivity contribution in [3.8, 4) is 0 Å². The molecule has 0 aromatic heterocycles. The van der Waals surface area contributed by atoms with E-state index in [1.807, 2.05) is 7.05 Å². The number of ether oxygens (including phenoxy) is 1. The molecule has 0 saturated carbocycles. The average molecular weight is 263 g/mol. The molecule has 1 N–H and O–H groups in total. The molecule has 2 unspecified atom stereocenters. The Kier molecular flexibility index (Phi) is 5.57. The Labute approximate surface area is 118 Å². The maximum absolute atomic E-state index is 6.05. The maximum Gasteiger partial charge on any atom is 0.0845 e. The number of rotatable bonds is 6. The molecule has 2 atom stereocenters. The van der Waals surface area contributed by atoms with Crippen LogP contribution in [0.3, 0.4) is 0 Å². The van der Waals surface area contributed by atoms with Crippen molar-refractivity contribution < 1.29 is 4.74 Å². The Morgan fingerprint density at radius 2 is 1.68 bits per heavy atom. The summed E-state index contributed by atoms with van der Waals surface area (Å²) in [6.07, 6.45) is 0.985. The van der Waals surface area contributed by atoms with Crippen LogP contribution >= 0.6 is 0 Å². The van der Waals surface area contributed by atoms with Gasteiger partial charge in [-0.15, -0.1) is 0 Å². The molecule has 0 saturated heterocycles. The van der Waals surface area contributed by atoms with E-state index in [1.54, 1.807) is 0 Å². The van der Waals surface area contributed by atoms with Crippen molar-refractivity contribution in [3.05, 3.63) is 34.4 Å². The monoisotopic (exact) mass is 263 g/mol. The molecular weight excluding hydrogens is 234 g/mol. The minimum absolute atomic E-state index is 0.171. The van der Waals surface area contributed by atoms with Gasteiger partial charge in [-0.25, -0.2) is 0 Å². The summed E-state index contributed by atoms with van der Waals surface area (Å²) in [5, 5.41) is 3.46. The van der Waals surface area contributed by atoms with E-state index in [2.05, 4.69) is 59.0 Å². The standard InChI is InChI=1S/C17H29NO/c1-8-17(6,19-9-2)16(18-7)15-11-13(4)12(3)10-14(15)5/h10-11,16,18H,8-9H2,1-7H3. The summed E-state index contributed by atoms with van der Waals surface area (Å²) < 4.78 is 6.05. The second-order valence-corrected chi connectivity index (χ2v) is 5.61. The third-order valence-corrected chi connectivity index (χ3v) is 4.27. The van der Waals surface area contributed by atoms with Crippen LogP contribution in [-0.4, -0.2) is 19.3 Å². The van der Waals surface area contributed by atoms with Crippen LogP contribution in [0, 0.1) is 20.8 Å². The average Bonchev–Trinajstić information content (AvgIpc) is 2.36. The van der Waals surface area contributed by atoms with Gasteiger partial charge in [0.15, 0.2) is 0 Å². The predicted octanol–water partition coefficient (Wildman–Crippen LogP) is 4.08. The van der Waals surface area contributed by atoms with Gasteiger partial charge in [-0.2, -0.15) is 0 Å². The molecule has 0 aliphatic rings. The highest BCUT2D eigenvalue weighted by atomic mass is 16.5. The predicted molar refractivity (Wildman–Crippen MR) is 82.8 cm³/mol. The van der Waals surface area contributed by atoms with Gasteiger partial charge in [-0.3, -0.25) is 0 Å². The molecule has 0 radical (unpaired) electrons. The second-order valence-electron chi connectivity index (χ2n) is 5.61. The van der Waals surface area contributed by atoms with Crippen LogP contribution in [-0.2, 0) is 4.74 Å². The van der Waals surface area contributed by atoms with Gasteiger partial charge in [0.05, 0.1) is 11.6 Å². The van der Waals surface area contributed by atoms with Crippen LogP contribution in [0.15, 0.2) is 12.1 Å².